The summed E-state index contributed by atoms with van der Waals surface area (Å²) < 4.78 is 0. The van der Waals surface area contributed by atoms with E-state index in [1.807, 2.05) is 12.2 Å². The molecule has 0 saturated carbocycles. The highest BCUT2D eigenvalue weighted by Gasteiger charge is 2.26. The highest BCUT2D eigenvalue weighted by Crippen LogP contribution is 2.40. The molecule has 0 aliphatic rings. The second-order valence-electron chi connectivity index (χ2n) is 8.02. The van der Waals surface area contributed by atoms with E-state index in [0.29, 0.717) is 47.3 Å². The van der Waals surface area contributed by atoms with E-state index < -0.39 is 11.5 Å². The van der Waals surface area contributed by atoms with Crippen molar-refractivity contribution in [1.29, 1.82) is 5.26 Å². The normalized spacial score (nSPS) is 14.9. The molecule has 0 saturated heterocycles. The zero-order valence-corrected chi connectivity index (χ0v) is 22.6. The minimum Gasteiger partial charge on any atom is -0.480 e. The maximum Gasteiger partial charge on any atom is 0.323 e. The highest BCUT2D eigenvalue weighted by molar-refractivity contribution is 7.99. The number of halogens is 1. The van der Waals surface area contributed by atoms with Gasteiger partial charge in [-0.05, 0) is 39.2 Å². The van der Waals surface area contributed by atoms with E-state index >= 15 is 0 Å². The van der Waals surface area contributed by atoms with Crippen molar-refractivity contribution in [2.45, 2.75) is 55.0 Å². The lowest BCUT2D eigenvalue weighted by atomic mass is 9.97. The molecule has 13 heteroatoms. The first-order chi connectivity index (χ1) is 17.0. The van der Waals surface area contributed by atoms with Crippen LogP contribution in [0.3, 0.4) is 0 Å². The van der Waals surface area contributed by atoms with Gasteiger partial charge in [0.2, 0.25) is 0 Å². The lowest BCUT2D eigenvalue weighted by Gasteiger charge is -2.18. The van der Waals surface area contributed by atoms with Gasteiger partial charge in [0.25, 0.3) is 0 Å². The Kier molecular flexibility index (Phi) is 14.2. The van der Waals surface area contributed by atoms with Gasteiger partial charge in [0.05, 0.1) is 35.1 Å². The highest BCUT2D eigenvalue weighted by atomic mass is 35.5. The van der Waals surface area contributed by atoms with Crippen molar-refractivity contribution in [3.63, 3.8) is 0 Å². The summed E-state index contributed by atoms with van der Waals surface area (Å²) in [5, 5.41) is 28.1. The molecule has 0 aliphatic heterocycles. The molecule has 0 bridgehead atoms. The molecule has 8 N–H and O–H groups in total. The van der Waals surface area contributed by atoms with E-state index in [0.717, 1.165) is 4.88 Å². The van der Waals surface area contributed by atoms with Crippen LogP contribution in [0.1, 0.15) is 48.8 Å². The molecule has 0 unspecified atom stereocenters. The van der Waals surface area contributed by atoms with E-state index in [1.54, 1.807) is 24.7 Å². The van der Waals surface area contributed by atoms with E-state index in [2.05, 4.69) is 21.0 Å². The van der Waals surface area contributed by atoms with Crippen LogP contribution in [0.2, 0.25) is 5.02 Å². The summed E-state index contributed by atoms with van der Waals surface area (Å²) in [6, 6.07) is 3.35. The first kappa shape index (κ1) is 31.5. The molecule has 2 rings (SSSR count). The fourth-order valence-electron chi connectivity index (χ4n) is 2.57. The van der Waals surface area contributed by atoms with Gasteiger partial charge < -0.3 is 27.4 Å². The van der Waals surface area contributed by atoms with E-state index in [-0.39, 0.29) is 17.9 Å². The summed E-state index contributed by atoms with van der Waals surface area (Å²) in [6.07, 6.45) is 8.59. The van der Waals surface area contributed by atoms with Crippen LogP contribution >= 0.6 is 34.7 Å². The Morgan fingerprint density at radius 2 is 2.17 bits per heavy atom. The van der Waals surface area contributed by atoms with Gasteiger partial charge in [-0.15, -0.1) is 11.3 Å². The number of aliphatic hydroxyl groups is 1. The summed E-state index contributed by atoms with van der Waals surface area (Å²) in [7, 11) is 0. The summed E-state index contributed by atoms with van der Waals surface area (Å²) in [4.78, 5) is 23.9. The summed E-state index contributed by atoms with van der Waals surface area (Å²) in [5.74, 6) is -0.444. The molecule has 10 nitrogen and oxygen atoms in total. The van der Waals surface area contributed by atoms with Crippen molar-refractivity contribution in [2.24, 2.45) is 22.2 Å². The number of thiazole rings is 1. The van der Waals surface area contributed by atoms with Crippen molar-refractivity contribution in [2.75, 3.05) is 13.2 Å². The Bertz CT molecular complexity index is 1050. The van der Waals surface area contributed by atoms with Crippen LogP contribution in [-0.4, -0.2) is 56.7 Å². The quantitative estimate of drug-likeness (QED) is 0.113. The molecule has 0 amide bonds. The molecule has 2 heterocycles. The molecule has 3 atom stereocenters. The number of carboxylic acids is 1. The Morgan fingerprint density at radius 1 is 1.44 bits per heavy atom. The molecule has 196 valence electrons. The number of aliphatic hydroxyl groups excluding tert-OH is 1. The lowest BCUT2D eigenvalue weighted by molar-refractivity contribution is -0.142. The minimum atomic E-state index is -1.16. The first-order valence-electron chi connectivity index (χ1n) is 10.9. The predicted molar refractivity (Wildman–Crippen MR) is 145 cm³/mol. The van der Waals surface area contributed by atoms with Gasteiger partial charge >= 0.3 is 5.97 Å². The van der Waals surface area contributed by atoms with Crippen molar-refractivity contribution >= 4 is 46.5 Å². The van der Waals surface area contributed by atoms with Gasteiger partial charge in [-0.1, -0.05) is 35.5 Å². The third-order valence-electron chi connectivity index (χ3n) is 4.64. The first-order valence-corrected chi connectivity index (χ1v) is 13.0. The minimum absolute atomic E-state index is 0.0135. The molecular formula is C23H32ClN7O3S2. The largest absolute Gasteiger partial charge is 0.480 e. The fraction of sp³-hybridized carbons (Fsp3) is 0.435. The second kappa shape index (κ2) is 16.3. The number of carboxylic acid groups (broad SMARTS) is 1. The average molecular weight is 554 g/mol. The average Bonchev–Trinajstić information content (AvgIpc) is 3.36. The van der Waals surface area contributed by atoms with E-state index in [4.69, 9.17) is 39.0 Å². The zero-order chi connectivity index (χ0) is 27.1. The number of rotatable bonds is 12. The number of aliphatic imine (C=N–C) groups is 1. The van der Waals surface area contributed by atoms with Gasteiger partial charge in [0.1, 0.15) is 16.6 Å². The number of hydrogen-bond donors (Lipinski definition) is 5. The third kappa shape index (κ3) is 11.9. The van der Waals surface area contributed by atoms with Crippen LogP contribution in [0.15, 0.2) is 46.1 Å². The van der Waals surface area contributed by atoms with E-state index in [9.17, 15) is 10.1 Å². The molecular weight excluding hydrogens is 522 g/mol. The molecule has 0 fully saturated rings. The number of pyridine rings is 1. The van der Waals surface area contributed by atoms with Crippen LogP contribution in [0, 0.1) is 11.3 Å². The molecule has 0 spiro atoms. The number of amidine groups is 1. The number of thioether (sulfide) groups is 1. The molecule has 2 aromatic rings. The van der Waals surface area contributed by atoms with Gasteiger partial charge in [-0.2, -0.15) is 5.26 Å². The van der Waals surface area contributed by atoms with Gasteiger partial charge in [-0.3, -0.25) is 14.8 Å². The zero-order valence-electron chi connectivity index (χ0n) is 20.2. The number of carbonyl (C=O) groups is 1. The number of aromatic nitrogens is 2. The topological polar surface area (TPSA) is 198 Å². The monoisotopic (exact) mass is 553 g/mol. The maximum absolute atomic E-state index is 10.6. The van der Waals surface area contributed by atoms with Gasteiger partial charge in [-0.25, -0.2) is 4.98 Å². The van der Waals surface area contributed by atoms with Crippen LogP contribution in [0.25, 0.3) is 0 Å². The van der Waals surface area contributed by atoms with Crippen molar-refractivity contribution in [1.82, 2.24) is 9.97 Å². The SMILES string of the molecule is CC(N)=NC/C=C\CC[C@](C)(N)C(=O)O.N#Cc1cc(Cl)cnc1S[C@H](C[C@H](N)CO)c1cncs1. The fourth-order valence-corrected chi connectivity index (χ4v) is 4.79. The smallest absolute Gasteiger partial charge is 0.323 e. The van der Waals surface area contributed by atoms with Crippen LogP contribution in [0.4, 0.5) is 0 Å². The number of aliphatic carboxylic acids is 1. The number of nitrogens with zero attached hydrogens (tertiary/aromatic N) is 4. The van der Waals surface area contributed by atoms with Crippen molar-refractivity contribution < 1.29 is 15.0 Å². The van der Waals surface area contributed by atoms with Crippen molar-refractivity contribution in [3.05, 3.63) is 51.6 Å². The van der Waals surface area contributed by atoms with Gasteiger partial charge in [0.15, 0.2) is 0 Å². The number of allylic oxidation sites excluding steroid dienone is 1. The lowest BCUT2D eigenvalue weighted by Crippen LogP contribution is -2.44. The number of nitriles is 1. The number of hydrogen-bond acceptors (Lipinski definition) is 10. The summed E-state index contributed by atoms with van der Waals surface area (Å²) in [5.41, 5.74) is 17.7. The van der Waals surface area contributed by atoms with E-state index in [1.165, 1.54) is 36.2 Å². The molecule has 36 heavy (non-hydrogen) atoms. The maximum atomic E-state index is 10.6. The Balaban J connectivity index is 0.000000384. The molecule has 0 aromatic carbocycles. The third-order valence-corrected chi connectivity index (χ3v) is 7.17. The standard InChI is InChI=1S/C13H13ClN4OS2.C10H19N3O2/c14-9-1-8(3-15)13(18-4-9)21-11(2-10(16)6-19)12-5-17-7-20-12;1-8(11)13-7-5-3-4-6-10(2,12)9(14)15/h1,4-5,7,10-11,19H,2,6,16H2;3,5H,4,6-7,12H2,1-2H3,(H2,11,13)(H,14,15)/b;5-3-/t10-,11+;10-/m00/s1. The van der Waals surface area contributed by atoms with Crippen LogP contribution in [-0.2, 0) is 4.79 Å². The van der Waals surface area contributed by atoms with Crippen molar-refractivity contribution in [3.8, 4) is 6.07 Å². The molecule has 0 radical (unpaired) electrons. The molecule has 2 aromatic heterocycles. The predicted octanol–water partition coefficient (Wildman–Crippen LogP) is 3.11. The Hall–Kier alpha value is -2.53. The summed E-state index contributed by atoms with van der Waals surface area (Å²) >= 11 is 8.81. The second-order valence-corrected chi connectivity index (χ2v) is 10.6. The Labute approximate surface area is 224 Å². The van der Waals surface area contributed by atoms with Gasteiger partial charge in [0, 0.05) is 28.6 Å². The van der Waals surface area contributed by atoms with Crippen LogP contribution < -0.4 is 17.2 Å². The summed E-state index contributed by atoms with van der Waals surface area (Å²) in [6.45, 7) is 3.66. The molecule has 0 aliphatic carbocycles. The Morgan fingerprint density at radius 3 is 2.72 bits per heavy atom. The number of nitrogens with two attached hydrogens (primary N) is 3. The van der Waals surface area contributed by atoms with Crippen LogP contribution in [0.5, 0.6) is 0 Å².